The number of benzene rings is 3. The van der Waals surface area contributed by atoms with Crippen molar-refractivity contribution in [3.63, 3.8) is 0 Å². The molecule has 158 valence electrons. The summed E-state index contributed by atoms with van der Waals surface area (Å²) in [6.45, 7) is 5.29. The second-order valence-electron chi connectivity index (χ2n) is 8.35. The summed E-state index contributed by atoms with van der Waals surface area (Å²) in [5.41, 5.74) is 3.16. The minimum absolute atomic E-state index is 0.157. The molecule has 1 fully saturated rings. The van der Waals surface area contributed by atoms with Crippen LogP contribution in [0.5, 0.6) is 11.5 Å². The van der Waals surface area contributed by atoms with Gasteiger partial charge in [-0.25, -0.2) is 0 Å². The Morgan fingerprint density at radius 3 is 2.23 bits per heavy atom. The molecule has 31 heavy (non-hydrogen) atoms. The fraction of sp³-hybridized carbons (Fsp3) is 0.269. The molecule has 5 heteroatoms. The number of carbonyl (C=O) groups excluding carboxylic acids is 1. The van der Waals surface area contributed by atoms with Crippen molar-refractivity contribution in [1.29, 1.82) is 0 Å². The van der Waals surface area contributed by atoms with E-state index in [0.717, 1.165) is 55.3 Å². The molecule has 3 aromatic rings. The molecule has 0 radical (unpaired) electrons. The van der Waals surface area contributed by atoms with E-state index in [1.165, 1.54) is 10.5 Å². The Kier molecular flexibility index (Phi) is 5.69. The van der Waals surface area contributed by atoms with Gasteiger partial charge in [-0.1, -0.05) is 60.7 Å². The zero-order valence-corrected chi connectivity index (χ0v) is 17.6. The van der Waals surface area contributed by atoms with Crippen LogP contribution in [0.25, 0.3) is 0 Å². The van der Waals surface area contributed by atoms with Gasteiger partial charge in [-0.3, -0.25) is 4.79 Å². The molecule has 0 bridgehead atoms. The van der Waals surface area contributed by atoms with E-state index < -0.39 is 0 Å². The smallest absolute Gasteiger partial charge is 0.231 e. The van der Waals surface area contributed by atoms with E-state index in [0.29, 0.717) is 6.79 Å². The monoisotopic (exact) mass is 416 g/mol. The Bertz CT molecular complexity index is 1030. The number of hydrogen-bond donors (Lipinski definition) is 2. The van der Waals surface area contributed by atoms with Gasteiger partial charge in [0.15, 0.2) is 17.5 Å². The first-order valence-electron chi connectivity index (χ1n) is 11.0. The molecule has 2 heterocycles. The van der Waals surface area contributed by atoms with Crippen LogP contribution < -0.4 is 19.3 Å². The summed E-state index contributed by atoms with van der Waals surface area (Å²) in [7, 11) is 0. The van der Waals surface area contributed by atoms with Gasteiger partial charge in [-0.05, 0) is 18.2 Å². The highest BCUT2D eigenvalue weighted by atomic mass is 16.7. The predicted molar refractivity (Wildman–Crippen MR) is 118 cm³/mol. The average molecular weight is 417 g/mol. The molecular weight excluding hydrogens is 388 g/mol. The molecule has 0 spiro atoms. The highest BCUT2D eigenvalue weighted by Gasteiger charge is 2.36. The number of rotatable bonds is 6. The van der Waals surface area contributed by atoms with Crippen molar-refractivity contribution < 1.29 is 24.1 Å². The minimum atomic E-state index is -0.157. The van der Waals surface area contributed by atoms with E-state index in [-0.39, 0.29) is 11.8 Å². The van der Waals surface area contributed by atoms with Gasteiger partial charge < -0.3 is 19.3 Å². The van der Waals surface area contributed by atoms with Crippen molar-refractivity contribution in [1.82, 2.24) is 0 Å². The van der Waals surface area contributed by atoms with Crippen LogP contribution in [0.4, 0.5) is 0 Å². The second-order valence-corrected chi connectivity index (χ2v) is 8.35. The van der Waals surface area contributed by atoms with Crippen LogP contribution in [0, 0.1) is 0 Å². The Hall–Kier alpha value is -3.15. The van der Waals surface area contributed by atoms with Gasteiger partial charge in [0.25, 0.3) is 0 Å². The first-order valence-corrected chi connectivity index (χ1v) is 11.0. The summed E-state index contributed by atoms with van der Waals surface area (Å²) in [5.74, 6) is 1.89. The van der Waals surface area contributed by atoms with E-state index >= 15 is 0 Å². The molecule has 2 N–H and O–H groups in total. The van der Waals surface area contributed by atoms with Crippen molar-refractivity contribution in [2.24, 2.45) is 0 Å². The zero-order chi connectivity index (χ0) is 21.0. The van der Waals surface area contributed by atoms with Gasteiger partial charge in [0.2, 0.25) is 12.6 Å². The van der Waals surface area contributed by atoms with E-state index in [2.05, 4.69) is 24.3 Å². The number of piperazine rings is 1. The fourth-order valence-electron chi connectivity index (χ4n) is 4.72. The molecule has 5 rings (SSSR count). The number of hydrogen-bond acceptors (Lipinski definition) is 3. The molecule has 2 aliphatic rings. The Balaban J connectivity index is 1.29. The molecule has 0 unspecified atom stereocenters. The Labute approximate surface area is 182 Å². The van der Waals surface area contributed by atoms with Gasteiger partial charge in [0.1, 0.15) is 32.7 Å². The normalized spacial score (nSPS) is 20.9. The quantitative estimate of drug-likeness (QED) is 0.596. The van der Waals surface area contributed by atoms with Gasteiger partial charge in [0, 0.05) is 16.7 Å². The van der Waals surface area contributed by atoms with Crippen LogP contribution in [0.3, 0.4) is 0 Å². The van der Waals surface area contributed by atoms with Crippen LogP contribution in [0.2, 0.25) is 0 Å². The van der Waals surface area contributed by atoms with Crippen molar-refractivity contribution in [2.45, 2.75) is 12.6 Å². The van der Waals surface area contributed by atoms with Gasteiger partial charge >= 0.3 is 0 Å². The molecule has 0 aromatic heterocycles. The third kappa shape index (κ3) is 4.33. The minimum Gasteiger partial charge on any atom is -0.454 e. The number of quaternary nitrogens is 2. The molecule has 0 amide bonds. The van der Waals surface area contributed by atoms with Gasteiger partial charge in [0.05, 0.1) is 0 Å². The summed E-state index contributed by atoms with van der Waals surface area (Å²) in [6, 6.07) is 26.0. The first-order chi connectivity index (χ1) is 15.3. The van der Waals surface area contributed by atoms with E-state index in [1.807, 2.05) is 54.6 Å². The molecule has 2 aliphatic heterocycles. The standard InChI is InChI=1S/C26H26N2O3/c29-26(22-9-5-2-6-10-22)25(21-7-3-1-4-8-21)28-15-13-27(14-16-28)18-20-11-12-23-24(17-20)31-19-30-23/h1-12,17,25H,13-16,18-19H2/p+2/t25-/m1/s1. The largest absolute Gasteiger partial charge is 0.454 e. The molecule has 0 aliphatic carbocycles. The summed E-state index contributed by atoms with van der Waals surface area (Å²) >= 11 is 0. The SMILES string of the molecule is O=C(c1ccccc1)[C@@H](c1ccccc1)[NH+]1CC[NH+](Cc2ccc3c(c2)OCO3)CC1. The van der Waals surface area contributed by atoms with Crippen LogP contribution in [-0.2, 0) is 6.54 Å². The molecule has 0 saturated carbocycles. The Morgan fingerprint density at radius 1 is 0.806 bits per heavy atom. The topological polar surface area (TPSA) is 44.4 Å². The van der Waals surface area contributed by atoms with E-state index in [1.54, 1.807) is 4.90 Å². The maximum Gasteiger partial charge on any atom is 0.231 e. The lowest BCUT2D eigenvalue weighted by Gasteiger charge is -2.34. The maximum atomic E-state index is 13.5. The Morgan fingerprint density at radius 2 is 1.48 bits per heavy atom. The predicted octanol–water partition coefficient (Wildman–Crippen LogP) is 1.32. The van der Waals surface area contributed by atoms with Crippen molar-refractivity contribution in [3.05, 3.63) is 95.6 Å². The van der Waals surface area contributed by atoms with Crippen LogP contribution in [0.15, 0.2) is 78.9 Å². The number of fused-ring (bicyclic) bond motifs is 1. The number of ketones is 1. The fourth-order valence-corrected chi connectivity index (χ4v) is 4.72. The molecule has 3 aromatic carbocycles. The first kappa shape index (κ1) is 19.8. The van der Waals surface area contributed by atoms with Crippen molar-refractivity contribution in [3.8, 4) is 11.5 Å². The zero-order valence-electron chi connectivity index (χ0n) is 17.6. The van der Waals surface area contributed by atoms with Crippen LogP contribution in [0.1, 0.15) is 27.5 Å². The van der Waals surface area contributed by atoms with Crippen LogP contribution >= 0.6 is 0 Å². The number of ether oxygens (including phenoxy) is 2. The maximum absolute atomic E-state index is 13.5. The van der Waals surface area contributed by atoms with Crippen molar-refractivity contribution >= 4 is 5.78 Å². The van der Waals surface area contributed by atoms with Gasteiger partial charge in [-0.15, -0.1) is 0 Å². The number of Topliss-reactive ketones (excluding diaryl/α,β-unsaturated/α-hetero) is 1. The molecule has 1 atom stereocenters. The summed E-state index contributed by atoms with van der Waals surface area (Å²) in [4.78, 5) is 16.4. The summed E-state index contributed by atoms with van der Waals surface area (Å²) in [6.07, 6.45) is 0. The summed E-state index contributed by atoms with van der Waals surface area (Å²) < 4.78 is 10.9. The molecule has 5 nitrogen and oxygen atoms in total. The van der Waals surface area contributed by atoms with Crippen LogP contribution in [-0.4, -0.2) is 38.8 Å². The molecule has 1 saturated heterocycles. The lowest BCUT2D eigenvalue weighted by atomic mass is 9.95. The third-order valence-corrected chi connectivity index (χ3v) is 6.35. The third-order valence-electron chi connectivity index (χ3n) is 6.35. The van der Waals surface area contributed by atoms with E-state index in [4.69, 9.17) is 9.47 Å². The lowest BCUT2D eigenvalue weighted by molar-refractivity contribution is -1.03. The number of nitrogens with one attached hydrogen (secondary N) is 2. The van der Waals surface area contributed by atoms with Gasteiger partial charge in [-0.2, -0.15) is 0 Å². The summed E-state index contributed by atoms with van der Waals surface area (Å²) in [5, 5.41) is 0. The van der Waals surface area contributed by atoms with Crippen molar-refractivity contribution in [2.75, 3.05) is 33.0 Å². The molecular formula is C26H28N2O3+2. The highest BCUT2D eigenvalue weighted by Crippen LogP contribution is 2.32. The second kappa shape index (κ2) is 8.92. The highest BCUT2D eigenvalue weighted by molar-refractivity contribution is 5.99. The number of carbonyl (C=O) groups is 1. The average Bonchev–Trinajstić information content (AvgIpc) is 3.30. The lowest BCUT2D eigenvalue weighted by Crippen LogP contribution is -3.28. The van der Waals surface area contributed by atoms with E-state index in [9.17, 15) is 4.79 Å².